The van der Waals surface area contributed by atoms with Gasteiger partial charge < -0.3 is 5.11 Å². The average Bonchev–Trinajstić information content (AvgIpc) is 2.46. The second-order valence-corrected chi connectivity index (χ2v) is 5.47. The fourth-order valence-electron chi connectivity index (χ4n) is 2.64. The fraction of sp³-hybridized carbons (Fsp3) is 0.375. The van der Waals surface area contributed by atoms with E-state index in [9.17, 15) is 9.90 Å². The molecule has 4 nitrogen and oxygen atoms in total. The van der Waals surface area contributed by atoms with Crippen molar-refractivity contribution in [1.82, 2.24) is 9.78 Å². The van der Waals surface area contributed by atoms with Gasteiger partial charge in [0.15, 0.2) is 10.9 Å². The molecule has 0 amide bonds. The van der Waals surface area contributed by atoms with Gasteiger partial charge in [-0.2, -0.15) is 5.10 Å². The highest BCUT2D eigenvalue weighted by Gasteiger charge is 2.21. The first kappa shape index (κ1) is 15.6. The third-order valence-electron chi connectivity index (χ3n) is 3.64. The third-order valence-corrected chi connectivity index (χ3v) is 3.89. The predicted octanol–water partition coefficient (Wildman–Crippen LogP) is 3.24. The van der Waals surface area contributed by atoms with Crippen molar-refractivity contribution >= 4 is 11.6 Å². The molecule has 0 saturated heterocycles. The lowest BCUT2D eigenvalue weighted by Crippen LogP contribution is -2.22. The molecule has 0 bridgehead atoms. The quantitative estimate of drug-likeness (QED) is 0.947. The largest absolute Gasteiger partial charge is 0.504 e. The minimum absolute atomic E-state index is 0.0585. The van der Waals surface area contributed by atoms with E-state index in [1.165, 1.54) is 7.05 Å². The first-order chi connectivity index (χ1) is 9.90. The number of halogens is 1. The van der Waals surface area contributed by atoms with Crippen LogP contribution in [-0.2, 0) is 19.9 Å². The molecule has 1 heterocycles. The van der Waals surface area contributed by atoms with Crippen LogP contribution >= 0.6 is 11.6 Å². The van der Waals surface area contributed by atoms with E-state index < -0.39 is 0 Å². The van der Waals surface area contributed by atoms with Gasteiger partial charge in [0.25, 0.3) is 5.56 Å². The summed E-state index contributed by atoms with van der Waals surface area (Å²) in [7, 11) is 1.53. The Bertz CT molecular complexity index is 726. The molecule has 0 aliphatic carbocycles. The van der Waals surface area contributed by atoms with E-state index in [2.05, 4.69) is 5.10 Å². The maximum Gasteiger partial charge on any atom is 0.278 e. The van der Waals surface area contributed by atoms with Gasteiger partial charge in [0, 0.05) is 7.05 Å². The van der Waals surface area contributed by atoms with E-state index in [0.717, 1.165) is 39.8 Å². The van der Waals surface area contributed by atoms with Gasteiger partial charge in [0.1, 0.15) is 0 Å². The number of rotatable bonds is 3. The standard InChI is InChI=1S/C16H19ClN2O2/c1-5-10-7-9(3)8-11(6-2)12(10)13-14(20)15(17)18-19(4)16(13)21/h7-8,20H,5-6H2,1-4H3. The Kier molecular flexibility index (Phi) is 4.37. The summed E-state index contributed by atoms with van der Waals surface area (Å²) in [5.74, 6) is -0.243. The third kappa shape index (κ3) is 2.68. The zero-order chi connectivity index (χ0) is 15.7. The summed E-state index contributed by atoms with van der Waals surface area (Å²) in [6.45, 7) is 6.09. The summed E-state index contributed by atoms with van der Waals surface area (Å²) in [6, 6.07) is 4.09. The van der Waals surface area contributed by atoms with Crippen LogP contribution in [0.5, 0.6) is 5.75 Å². The number of nitrogens with zero attached hydrogens (tertiary/aromatic N) is 2. The summed E-state index contributed by atoms with van der Waals surface area (Å²) >= 11 is 5.94. The number of aryl methyl sites for hydroxylation is 4. The van der Waals surface area contributed by atoms with E-state index in [0.29, 0.717) is 0 Å². The Morgan fingerprint density at radius 2 is 1.71 bits per heavy atom. The van der Waals surface area contributed by atoms with Crippen molar-refractivity contribution in [3.05, 3.63) is 44.3 Å². The first-order valence-electron chi connectivity index (χ1n) is 6.99. The Morgan fingerprint density at radius 1 is 1.19 bits per heavy atom. The molecule has 0 atom stereocenters. The maximum atomic E-state index is 12.4. The molecule has 5 heteroatoms. The van der Waals surface area contributed by atoms with Crippen molar-refractivity contribution in [3.8, 4) is 16.9 Å². The molecule has 1 N–H and O–H groups in total. The van der Waals surface area contributed by atoms with Crippen LogP contribution < -0.4 is 5.56 Å². The van der Waals surface area contributed by atoms with Gasteiger partial charge >= 0.3 is 0 Å². The number of hydrogen-bond donors (Lipinski definition) is 1. The molecule has 1 aromatic carbocycles. The Morgan fingerprint density at radius 3 is 2.19 bits per heavy atom. The van der Waals surface area contributed by atoms with Crippen molar-refractivity contribution in [2.75, 3.05) is 0 Å². The zero-order valence-corrected chi connectivity index (χ0v) is 13.5. The van der Waals surface area contributed by atoms with Gasteiger partial charge in [-0.25, -0.2) is 4.68 Å². The number of aromatic hydroxyl groups is 1. The van der Waals surface area contributed by atoms with Crippen LogP contribution in [-0.4, -0.2) is 14.9 Å². The molecule has 0 saturated carbocycles. The highest BCUT2D eigenvalue weighted by Crippen LogP contribution is 2.36. The Hall–Kier alpha value is -1.81. The maximum absolute atomic E-state index is 12.4. The molecule has 2 aromatic rings. The van der Waals surface area contributed by atoms with Gasteiger partial charge in [-0.3, -0.25) is 4.79 Å². The molecule has 0 spiro atoms. The zero-order valence-electron chi connectivity index (χ0n) is 12.7. The number of benzene rings is 1. The lowest BCUT2D eigenvalue weighted by Gasteiger charge is -2.16. The molecular formula is C16H19ClN2O2. The van der Waals surface area contributed by atoms with E-state index in [-0.39, 0.29) is 22.0 Å². The summed E-state index contributed by atoms with van der Waals surface area (Å²) in [5, 5.41) is 14.0. The molecule has 1 aromatic heterocycles. The van der Waals surface area contributed by atoms with E-state index >= 15 is 0 Å². The highest BCUT2D eigenvalue weighted by molar-refractivity contribution is 6.31. The Balaban J connectivity index is 2.94. The van der Waals surface area contributed by atoms with Crippen LogP contribution in [0, 0.1) is 6.92 Å². The van der Waals surface area contributed by atoms with Crippen molar-refractivity contribution < 1.29 is 5.11 Å². The van der Waals surface area contributed by atoms with Crippen LogP contribution in [0.2, 0.25) is 5.15 Å². The molecule has 0 unspecified atom stereocenters. The normalized spacial score (nSPS) is 10.9. The van der Waals surface area contributed by atoms with Gasteiger partial charge in [-0.1, -0.05) is 43.1 Å². The summed E-state index contributed by atoms with van der Waals surface area (Å²) in [6.07, 6.45) is 1.54. The first-order valence-corrected chi connectivity index (χ1v) is 7.37. The minimum atomic E-state index is -0.342. The van der Waals surface area contributed by atoms with Crippen molar-refractivity contribution in [2.24, 2.45) is 7.05 Å². The molecular weight excluding hydrogens is 288 g/mol. The summed E-state index contributed by atoms with van der Waals surface area (Å²) in [5.41, 5.74) is 3.89. The van der Waals surface area contributed by atoms with Crippen LogP contribution in [0.4, 0.5) is 0 Å². The van der Waals surface area contributed by atoms with Crippen molar-refractivity contribution in [1.29, 1.82) is 0 Å². The fourth-order valence-corrected chi connectivity index (χ4v) is 2.84. The molecule has 0 fully saturated rings. The number of hydrogen-bond acceptors (Lipinski definition) is 3. The predicted molar refractivity (Wildman–Crippen MR) is 85.1 cm³/mol. The molecule has 21 heavy (non-hydrogen) atoms. The molecule has 112 valence electrons. The average molecular weight is 307 g/mol. The second kappa shape index (κ2) is 5.90. The monoisotopic (exact) mass is 306 g/mol. The molecule has 0 aliphatic heterocycles. The topological polar surface area (TPSA) is 55.1 Å². The molecule has 0 aliphatic rings. The van der Waals surface area contributed by atoms with Crippen LogP contribution in [0.25, 0.3) is 11.1 Å². The van der Waals surface area contributed by atoms with Crippen LogP contribution in [0.3, 0.4) is 0 Å². The van der Waals surface area contributed by atoms with E-state index in [4.69, 9.17) is 11.6 Å². The summed E-state index contributed by atoms with van der Waals surface area (Å²) in [4.78, 5) is 12.4. The van der Waals surface area contributed by atoms with Crippen molar-refractivity contribution in [2.45, 2.75) is 33.6 Å². The minimum Gasteiger partial charge on any atom is -0.504 e. The SMILES string of the molecule is CCc1cc(C)cc(CC)c1-c1c(O)c(Cl)nn(C)c1=O. The van der Waals surface area contributed by atoms with Crippen molar-refractivity contribution in [3.63, 3.8) is 0 Å². The van der Waals surface area contributed by atoms with E-state index in [1.807, 2.05) is 32.9 Å². The molecule has 2 rings (SSSR count). The lowest BCUT2D eigenvalue weighted by atomic mass is 9.90. The highest BCUT2D eigenvalue weighted by atomic mass is 35.5. The summed E-state index contributed by atoms with van der Waals surface area (Å²) < 4.78 is 1.16. The Labute approximate surface area is 129 Å². The number of aromatic nitrogens is 2. The lowest BCUT2D eigenvalue weighted by molar-refractivity contribution is 0.467. The van der Waals surface area contributed by atoms with Gasteiger partial charge in [0.2, 0.25) is 0 Å². The van der Waals surface area contributed by atoms with Gasteiger partial charge in [0.05, 0.1) is 5.56 Å². The van der Waals surface area contributed by atoms with Gasteiger partial charge in [-0.05, 0) is 36.5 Å². The second-order valence-electron chi connectivity index (χ2n) is 5.11. The smallest absolute Gasteiger partial charge is 0.278 e. The van der Waals surface area contributed by atoms with Gasteiger partial charge in [-0.15, -0.1) is 0 Å². The molecule has 0 radical (unpaired) electrons. The van der Waals surface area contributed by atoms with Crippen LogP contribution in [0.15, 0.2) is 16.9 Å². The van der Waals surface area contributed by atoms with E-state index in [1.54, 1.807) is 0 Å². The van der Waals surface area contributed by atoms with Crippen LogP contribution in [0.1, 0.15) is 30.5 Å².